The van der Waals surface area contributed by atoms with E-state index < -0.39 is 5.97 Å². The molecule has 1 aromatic heterocycles. The molecule has 0 amide bonds. The summed E-state index contributed by atoms with van der Waals surface area (Å²) in [5, 5.41) is 0. The van der Waals surface area contributed by atoms with Gasteiger partial charge in [-0.05, 0) is 44.5 Å². The molecule has 0 bridgehead atoms. The summed E-state index contributed by atoms with van der Waals surface area (Å²) in [6.07, 6.45) is 0. The molecule has 0 fully saturated rings. The minimum Gasteiger partial charge on any atom is -0.461 e. The largest absolute Gasteiger partial charge is 0.461 e. The number of nitrogens with zero attached hydrogens (tertiary/aromatic N) is 1. The van der Waals surface area contributed by atoms with E-state index in [1.807, 2.05) is 25.1 Å². The molecule has 1 aromatic carbocycles. The maximum atomic E-state index is 11.7. The van der Waals surface area contributed by atoms with Crippen LogP contribution in [-0.2, 0) is 4.74 Å². The second-order valence-corrected chi connectivity index (χ2v) is 5.02. The number of aryl methyl sites for hydroxylation is 2. The molecule has 0 aliphatic heterocycles. The summed E-state index contributed by atoms with van der Waals surface area (Å²) >= 11 is 3.41. The van der Waals surface area contributed by atoms with Gasteiger partial charge in [-0.3, -0.25) is 0 Å². The van der Waals surface area contributed by atoms with Crippen molar-refractivity contribution in [2.45, 2.75) is 20.8 Å². The molecular weight excluding hydrogens is 310 g/mol. The fourth-order valence-corrected chi connectivity index (χ4v) is 2.24. The third-order valence-corrected chi connectivity index (χ3v) is 3.18. The lowest BCUT2D eigenvalue weighted by molar-refractivity contribution is 0.0518. The van der Waals surface area contributed by atoms with Gasteiger partial charge in [-0.25, -0.2) is 9.78 Å². The zero-order valence-electron chi connectivity index (χ0n) is 11.0. The number of carbonyl (C=O) groups excluding carboxylic acids is 1. The second-order valence-electron chi connectivity index (χ2n) is 4.10. The number of carbonyl (C=O) groups is 1. The first-order valence-corrected chi connectivity index (χ1v) is 6.73. The fourth-order valence-electron chi connectivity index (χ4n) is 1.77. The van der Waals surface area contributed by atoms with Crippen LogP contribution in [0.25, 0.3) is 11.5 Å². The van der Waals surface area contributed by atoms with Crippen LogP contribution in [0.1, 0.15) is 28.7 Å². The summed E-state index contributed by atoms with van der Waals surface area (Å²) in [6, 6.07) is 5.78. The van der Waals surface area contributed by atoms with Crippen LogP contribution in [0.3, 0.4) is 0 Å². The van der Waals surface area contributed by atoms with Gasteiger partial charge in [0, 0.05) is 10.0 Å². The normalized spacial score (nSPS) is 10.5. The number of aromatic nitrogens is 1. The van der Waals surface area contributed by atoms with Crippen molar-refractivity contribution in [1.82, 2.24) is 4.98 Å². The van der Waals surface area contributed by atoms with Crippen LogP contribution in [0.15, 0.2) is 27.1 Å². The first kappa shape index (κ1) is 13.8. The van der Waals surface area contributed by atoms with Crippen LogP contribution in [0.5, 0.6) is 0 Å². The molecule has 0 N–H and O–H groups in total. The van der Waals surface area contributed by atoms with E-state index in [4.69, 9.17) is 9.15 Å². The van der Waals surface area contributed by atoms with Gasteiger partial charge in [-0.2, -0.15) is 0 Å². The topological polar surface area (TPSA) is 52.3 Å². The lowest BCUT2D eigenvalue weighted by Gasteiger charge is -2.01. The van der Waals surface area contributed by atoms with Gasteiger partial charge < -0.3 is 9.15 Å². The Kier molecular flexibility index (Phi) is 4.04. The van der Waals surface area contributed by atoms with Crippen molar-refractivity contribution in [2.75, 3.05) is 6.61 Å². The van der Waals surface area contributed by atoms with Gasteiger partial charge in [0.15, 0.2) is 5.69 Å². The van der Waals surface area contributed by atoms with Crippen molar-refractivity contribution in [3.05, 3.63) is 39.7 Å². The molecule has 5 heteroatoms. The van der Waals surface area contributed by atoms with Crippen LogP contribution in [-0.4, -0.2) is 17.6 Å². The molecule has 1 heterocycles. The smallest absolute Gasteiger partial charge is 0.360 e. The number of oxazole rings is 1. The van der Waals surface area contributed by atoms with Crippen molar-refractivity contribution in [3.8, 4) is 11.5 Å². The maximum absolute atomic E-state index is 11.7. The Labute approximate surface area is 119 Å². The van der Waals surface area contributed by atoms with Gasteiger partial charge in [0.1, 0.15) is 5.76 Å². The van der Waals surface area contributed by atoms with Gasteiger partial charge in [0.05, 0.1) is 6.61 Å². The molecule has 0 aliphatic carbocycles. The minimum absolute atomic E-state index is 0.235. The van der Waals surface area contributed by atoms with Gasteiger partial charge in [0.2, 0.25) is 5.89 Å². The van der Waals surface area contributed by atoms with Crippen LogP contribution >= 0.6 is 15.9 Å². The molecular formula is C14H14BrNO3. The number of benzene rings is 1. The van der Waals surface area contributed by atoms with Crippen molar-refractivity contribution in [3.63, 3.8) is 0 Å². The summed E-state index contributed by atoms with van der Waals surface area (Å²) in [4.78, 5) is 15.9. The number of esters is 1. The first-order valence-electron chi connectivity index (χ1n) is 5.94. The molecule has 4 nitrogen and oxygen atoms in total. The summed E-state index contributed by atoms with van der Waals surface area (Å²) in [6.45, 7) is 5.74. The van der Waals surface area contributed by atoms with E-state index in [2.05, 4.69) is 20.9 Å². The molecule has 0 aliphatic rings. The third kappa shape index (κ3) is 2.87. The first-order chi connectivity index (χ1) is 9.02. The average molecular weight is 324 g/mol. The highest BCUT2D eigenvalue weighted by molar-refractivity contribution is 9.10. The van der Waals surface area contributed by atoms with E-state index in [0.717, 1.165) is 15.6 Å². The second kappa shape index (κ2) is 5.57. The van der Waals surface area contributed by atoms with Gasteiger partial charge in [-0.1, -0.05) is 15.9 Å². The molecule has 2 aromatic rings. The molecule has 100 valence electrons. The molecule has 0 radical (unpaired) electrons. The van der Waals surface area contributed by atoms with Crippen LogP contribution < -0.4 is 0 Å². The highest BCUT2D eigenvalue weighted by Gasteiger charge is 2.19. The molecule has 0 atom stereocenters. The SMILES string of the molecule is CCOC(=O)c1nc(-c2ccc(Br)cc2C)oc1C. The van der Waals surface area contributed by atoms with Crippen molar-refractivity contribution >= 4 is 21.9 Å². The summed E-state index contributed by atoms with van der Waals surface area (Å²) < 4.78 is 11.5. The van der Waals surface area contributed by atoms with E-state index in [1.165, 1.54) is 0 Å². The predicted molar refractivity (Wildman–Crippen MR) is 75.1 cm³/mol. The highest BCUT2D eigenvalue weighted by Crippen LogP contribution is 2.27. The lowest BCUT2D eigenvalue weighted by Crippen LogP contribution is -2.06. The Morgan fingerprint density at radius 2 is 2.16 bits per heavy atom. The third-order valence-electron chi connectivity index (χ3n) is 2.68. The zero-order valence-corrected chi connectivity index (χ0v) is 12.6. The van der Waals surface area contributed by atoms with Gasteiger partial charge in [-0.15, -0.1) is 0 Å². The maximum Gasteiger partial charge on any atom is 0.360 e. The highest BCUT2D eigenvalue weighted by atomic mass is 79.9. The summed E-state index contributed by atoms with van der Waals surface area (Å²) in [7, 11) is 0. The lowest BCUT2D eigenvalue weighted by atomic mass is 10.1. The molecule has 0 spiro atoms. The van der Waals surface area contributed by atoms with E-state index >= 15 is 0 Å². The Morgan fingerprint density at radius 3 is 2.79 bits per heavy atom. The molecule has 2 rings (SSSR count). The monoisotopic (exact) mass is 323 g/mol. The van der Waals surface area contributed by atoms with Gasteiger partial charge in [0.25, 0.3) is 0 Å². The Hall–Kier alpha value is -1.62. The van der Waals surface area contributed by atoms with E-state index in [0.29, 0.717) is 18.3 Å². The Morgan fingerprint density at radius 1 is 1.42 bits per heavy atom. The standard InChI is InChI=1S/C14H14BrNO3/c1-4-18-14(17)12-9(3)19-13(16-12)11-6-5-10(15)7-8(11)2/h5-7H,4H2,1-3H3. The van der Waals surface area contributed by atoms with Crippen molar-refractivity contribution < 1.29 is 13.9 Å². The van der Waals surface area contributed by atoms with Crippen molar-refractivity contribution in [1.29, 1.82) is 0 Å². The van der Waals surface area contributed by atoms with E-state index in [1.54, 1.807) is 13.8 Å². The fraction of sp³-hybridized carbons (Fsp3) is 0.286. The molecule has 0 saturated heterocycles. The number of rotatable bonds is 3. The molecule has 0 unspecified atom stereocenters. The predicted octanol–water partition coefficient (Wildman–Crippen LogP) is 3.90. The summed E-state index contributed by atoms with van der Waals surface area (Å²) in [5.41, 5.74) is 2.12. The van der Waals surface area contributed by atoms with E-state index in [-0.39, 0.29) is 5.69 Å². The zero-order chi connectivity index (χ0) is 14.0. The Balaban J connectivity index is 2.42. The number of hydrogen-bond donors (Lipinski definition) is 0. The van der Waals surface area contributed by atoms with Crippen LogP contribution in [0.2, 0.25) is 0 Å². The summed E-state index contributed by atoms with van der Waals surface area (Å²) in [5.74, 6) is 0.450. The van der Waals surface area contributed by atoms with Gasteiger partial charge >= 0.3 is 5.97 Å². The van der Waals surface area contributed by atoms with E-state index in [9.17, 15) is 4.79 Å². The van der Waals surface area contributed by atoms with Crippen LogP contribution in [0, 0.1) is 13.8 Å². The Bertz CT molecular complexity index is 619. The molecule has 0 saturated carbocycles. The minimum atomic E-state index is -0.454. The number of ether oxygens (including phenoxy) is 1. The number of hydrogen-bond acceptors (Lipinski definition) is 4. The number of halogens is 1. The average Bonchev–Trinajstić information content (AvgIpc) is 2.71. The quantitative estimate of drug-likeness (QED) is 0.804. The van der Waals surface area contributed by atoms with Crippen molar-refractivity contribution in [2.24, 2.45) is 0 Å². The molecule has 19 heavy (non-hydrogen) atoms. The van der Waals surface area contributed by atoms with Crippen LogP contribution in [0.4, 0.5) is 0 Å².